The second-order valence-corrected chi connectivity index (χ2v) is 5.85. The Balaban J connectivity index is 1.47. The predicted octanol–water partition coefficient (Wildman–Crippen LogP) is 3.00. The summed E-state index contributed by atoms with van der Waals surface area (Å²) in [5.41, 5.74) is 2.82. The largest absolute Gasteiger partial charge is 0.448 e. The maximum absolute atomic E-state index is 12.0. The van der Waals surface area contributed by atoms with Gasteiger partial charge in [0.1, 0.15) is 6.61 Å². The third-order valence-corrected chi connectivity index (χ3v) is 3.95. The lowest BCUT2D eigenvalue weighted by Gasteiger charge is -2.14. The normalized spacial score (nSPS) is 13.4. The van der Waals surface area contributed by atoms with Crippen LogP contribution < -0.4 is 10.6 Å². The van der Waals surface area contributed by atoms with E-state index in [0.29, 0.717) is 31.9 Å². The average Bonchev–Trinajstić information content (AvgIpc) is 3.01. The number of hydrogen-bond donors (Lipinski definition) is 2. The van der Waals surface area contributed by atoms with Crippen LogP contribution in [0.15, 0.2) is 54.6 Å². The molecule has 0 radical (unpaired) electrons. The van der Waals surface area contributed by atoms with Crippen molar-refractivity contribution >= 4 is 17.8 Å². The molecule has 0 spiro atoms. The van der Waals surface area contributed by atoms with Gasteiger partial charge in [0.2, 0.25) is 0 Å². The van der Waals surface area contributed by atoms with Crippen LogP contribution in [0, 0.1) is 0 Å². The van der Waals surface area contributed by atoms with Crippen LogP contribution in [-0.4, -0.2) is 36.7 Å². The van der Waals surface area contributed by atoms with Crippen LogP contribution in [0.4, 0.5) is 15.3 Å². The molecule has 3 rings (SSSR count). The van der Waals surface area contributed by atoms with Gasteiger partial charge >= 0.3 is 12.1 Å². The molecule has 1 aliphatic rings. The smallest absolute Gasteiger partial charge is 0.410 e. The zero-order valence-corrected chi connectivity index (χ0v) is 13.9. The summed E-state index contributed by atoms with van der Waals surface area (Å²) in [7, 11) is 0. The van der Waals surface area contributed by atoms with Crippen LogP contribution in [0.1, 0.15) is 11.1 Å². The first-order chi connectivity index (χ1) is 12.2. The van der Waals surface area contributed by atoms with Crippen molar-refractivity contribution < 1.29 is 14.3 Å². The quantitative estimate of drug-likeness (QED) is 0.850. The van der Waals surface area contributed by atoms with Gasteiger partial charge < -0.3 is 20.3 Å². The first kappa shape index (κ1) is 16.8. The van der Waals surface area contributed by atoms with E-state index in [4.69, 9.17) is 4.74 Å². The number of nitrogens with zero attached hydrogens (tertiary/aromatic N) is 1. The Morgan fingerprint density at radius 3 is 2.64 bits per heavy atom. The van der Waals surface area contributed by atoms with E-state index in [1.54, 1.807) is 4.90 Å². The molecule has 1 aliphatic heterocycles. The number of hydrogen-bond acceptors (Lipinski definition) is 3. The Labute approximate surface area is 146 Å². The summed E-state index contributed by atoms with van der Waals surface area (Å²) in [4.78, 5) is 25.1. The number of carbonyl (C=O) groups is 2. The number of ether oxygens (including phenoxy) is 1. The second-order valence-electron chi connectivity index (χ2n) is 5.85. The van der Waals surface area contributed by atoms with Crippen molar-refractivity contribution in [2.75, 3.05) is 25.0 Å². The molecule has 130 valence electrons. The fourth-order valence-corrected chi connectivity index (χ4v) is 2.68. The molecule has 0 atom stereocenters. The second kappa shape index (κ2) is 8.19. The lowest BCUT2D eigenvalue weighted by Crippen LogP contribution is -2.30. The van der Waals surface area contributed by atoms with Crippen LogP contribution in [0.25, 0.3) is 0 Å². The van der Waals surface area contributed by atoms with Crippen LogP contribution >= 0.6 is 0 Å². The molecule has 6 nitrogen and oxygen atoms in total. The number of urea groups is 1. The summed E-state index contributed by atoms with van der Waals surface area (Å²) in [5.74, 6) is 0. The number of amides is 3. The molecule has 2 aromatic carbocycles. The van der Waals surface area contributed by atoms with Gasteiger partial charge in [-0.15, -0.1) is 0 Å². The van der Waals surface area contributed by atoms with Crippen LogP contribution in [0.2, 0.25) is 0 Å². The highest BCUT2D eigenvalue weighted by molar-refractivity contribution is 5.89. The van der Waals surface area contributed by atoms with Crippen molar-refractivity contribution in [3.63, 3.8) is 0 Å². The topological polar surface area (TPSA) is 70.7 Å². The van der Waals surface area contributed by atoms with E-state index in [0.717, 1.165) is 12.0 Å². The summed E-state index contributed by atoms with van der Waals surface area (Å²) in [5, 5.41) is 5.66. The van der Waals surface area contributed by atoms with Crippen molar-refractivity contribution in [2.24, 2.45) is 0 Å². The zero-order valence-electron chi connectivity index (χ0n) is 13.9. The monoisotopic (exact) mass is 339 g/mol. The van der Waals surface area contributed by atoms with Gasteiger partial charge in [0.05, 0.1) is 6.54 Å². The van der Waals surface area contributed by atoms with E-state index >= 15 is 0 Å². The standard InChI is InChI=1S/C19H21N3O3/c23-18(20-10-9-15-5-2-1-3-6-15)21-17-8-4-7-16(13-17)14-22-11-12-25-19(22)24/h1-8,13H,9-12,14H2,(H2,20,21,23). The Morgan fingerprint density at radius 2 is 1.88 bits per heavy atom. The molecule has 25 heavy (non-hydrogen) atoms. The van der Waals surface area contributed by atoms with Crippen molar-refractivity contribution in [1.82, 2.24) is 10.2 Å². The SMILES string of the molecule is O=C(NCCc1ccccc1)Nc1cccc(CN2CCOC2=O)c1. The summed E-state index contributed by atoms with van der Waals surface area (Å²) in [6.07, 6.45) is 0.489. The number of nitrogens with one attached hydrogen (secondary N) is 2. The highest BCUT2D eigenvalue weighted by atomic mass is 16.6. The van der Waals surface area contributed by atoms with Crippen LogP contribution in [-0.2, 0) is 17.7 Å². The van der Waals surface area contributed by atoms with Crippen molar-refractivity contribution in [1.29, 1.82) is 0 Å². The molecular weight excluding hydrogens is 318 g/mol. The lowest BCUT2D eigenvalue weighted by molar-refractivity contribution is 0.157. The maximum atomic E-state index is 12.0. The van der Waals surface area contributed by atoms with Gasteiger partial charge in [0, 0.05) is 18.8 Å². The van der Waals surface area contributed by atoms with Gasteiger partial charge in [-0.1, -0.05) is 42.5 Å². The highest BCUT2D eigenvalue weighted by Crippen LogP contribution is 2.15. The molecule has 0 aliphatic carbocycles. The molecule has 0 aromatic heterocycles. The number of anilines is 1. The Kier molecular flexibility index (Phi) is 5.51. The van der Waals surface area contributed by atoms with Crippen LogP contribution in [0.3, 0.4) is 0 Å². The predicted molar refractivity (Wildman–Crippen MR) is 95.4 cm³/mol. The summed E-state index contributed by atoms with van der Waals surface area (Å²) >= 11 is 0. The molecular formula is C19H21N3O3. The minimum Gasteiger partial charge on any atom is -0.448 e. The number of rotatable bonds is 6. The fraction of sp³-hybridized carbons (Fsp3) is 0.263. The Morgan fingerprint density at radius 1 is 1.08 bits per heavy atom. The Bertz CT molecular complexity index is 734. The zero-order chi connectivity index (χ0) is 17.5. The third-order valence-electron chi connectivity index (χ3n) is 3.95. The molecule has 1 fully saturated rings. The van der Waals surface area contributed by atoms with Gasteiger partial charge in [0.15, 0.2) is 0 Å². The van der Waals surface area contributed by atoms with E-state index in [1.165, 1.54) is 5.56 Å². The minimum atomic E-state index is -0.294. The molecule has 0 saturated carbocycles. The fourth-order valence-electron chi connectivity index (χ4n) is 2.68. The van der Waals surface area contributed by atoms with E-state index in [2.05, 4.69) is 10.6 Å². The molecule has 0 unspecified atom stereocenters. The molecule has 1 heterocycles. The first-order valence-electron chi connectivity index (χ1n) is 8.30. The highest BCUT2D eigenvalue weighted by Gasteiger charge is 2.21. The first-order valence-corrected chi connectivity index (χ1v) is 8.30. The van der Waals surface area contributed by atoms with Gasteiger partial charge in [0.25, 0.3) is 0 Å². The molecule has 2 aromatic rings. The minimum absolute atomic E-state index is 0.242. The summed E-state index contributed by atoms with van der Waals surface area (Å²) in [6.45, 7) is 2.07. The maximum Gasteiger partial charge on any atom is 0.410 e. The summed E-state index contributed by atoms with van der Waals surface area (Å²) in [6, 6.07) is 17.2. The van der Waals surface area contributed by atoms with E-state index in [9.17, 15) is 9.59 Å². The molecule has 0 bridgehead atoms. The average molecular weight is 339 g/mol. The van der Waals surface area contributed by atoms with Gasteiger partial charge in [-0.3, -0.25) is 0 Å². The Hall–Kier alpha value is -3.02. The number of cyclic esters (lactones) is 1. The van der Waals surface area contributed by atoms with Crippen molar-refractivity contribution in [2.45, 2.75) is 13.0 Å². The van der Waals surface area contributed by atoms with Gasteiger partial charge in [-0.05, 0) is 29.7 Å². The van der Waals surface area contributed by atoms with Crippen molar-refractivity contribution in [3.8, 4) is 0 Å². The van der Waals surface area contributed by atoms with Crippen molar-refractivity contribution in [3.05, 3.63) is 65.7 Å². The van der Waals surface area contributed by atoms with E-state index < -0.39 is 0 Å². The van der Waals surface area contributed by atoms with E-state index in [-0.39, 0.29) is 12.1 Å². The number of carbonyl (C=O) groups excluding carboxylic acids is 2. The van der Waals surface area contributed by atoms with Crippen LogP contribution in [0.5, 0.6) is 0 Å². The molecule has 1 saturated heterocycles. The number of benzene rings is 2. The molecule has 6 heteroatoms. The van der Waals surface area contributed by atoms with Gasteiger partial charge in [-0.25, -0.2) is 9.59 Å². The van der Waals surface area contributed by atoms with E-state index in [1.807, 2.05) is 54.6 Å². The lowest BCUT2D eigenvalue weighted by atomic mass is 10.1. The molecule has 2 N–H and O–H groups in total. The third kappa shape index (κ3) is 4.97. The molecule has 3 amide bonds. The summed E-state index contributed by atoms with van der Waals surface area (Å²) < 4.78 is 4.92. The van der Waals surface area contributed by atoms with Gasteiger partial charge in [-0.2, -0.15) is 0 Å².